The van der Waals surface area contributed by atoms with Crippen molar-refractivity contribution in [3.05, 3.63) is 29.5 Å². The summed E-state index contributed by atoms with van der Waals surface area (Å²) in [5.74, 6) is 5.01. The van der Waals surface area contributed by atoms with Crippen LogP contribution in [0.1, 0.15) is 43.7 Å². The molecule has 0 aromatic carbocycles. The lowest BCUT2D eigenvalue weighted by molar-refractivity contribution is -0.00802. The minimum absolute atomic E-state index is 0.139. The highest BCUT2D eigenvalue weighted by Crippen LogP contribution is 2.43. The zero-order chi connectivity index (χ0) is 27.3. The second-order valence-electron chi connectivity index (χ2n) is 11.7. The molecule has 1 aliphatic heterocycles. The largest absolute Gasteiger partial charge is 0.385 e. The Labute approximate surface area is 227 Å². The molecule has 2 aromatic rings. The Hall–Kier alpha value is -2.71. The first-order valence-corrected chi connectivity index (χ1v) is 17.3. The van der Waals surface area contributed by atoms with E-state index in [0.717, 1.165) is 30.5 Å². The summed E-state index contributed by atoms with van der Waals surface area (Å²) in [7, 11) is -1.19. The van der Waals surface area contributed by atoms with E-state index in [0.29, 0.717) is 62.9 Å². The average molecular weight is 539 g/mol. The highest BCUT2D eigenvalue weighted by Gasteiger charge is 2.38. The van der Waals surface area contributed by atoms with Crippen LogP contribution in [-0.2, 0) is 21.8 Å². The molecular weight excluding hydrogens is 496 g/mol. The first-order valence-electron chi connectivity index (χ1n) is 13.6. The fourth-order valence-corrected chi connectivity index (χ4v) is 5.86. The topological polar surface area (TPSA) is 109 Å². The van der Waals surface area contributed by atoms with Crippen LogP contribution >= 0.6 is 0 Å². The van der Waals surface area contributed by atoms with Crippen LogP contribution in [-0.4, -0.2) is 66.6 Å². The lowest BCUT2D eigenvalue weighted by atomic mass is 9.74. The smallest absolute Gasteiger partial charge is 0.143 e. The molecule has 1 aliphatic carbocycles. The number of hydrogen-bond donors (Lipinski definition) is 3. The predicted octanol–water partition coefficient (Wildman–Crippen LogP) is 4.57. The SMILES string of the molecule is C#CC1CCC(O)(c2cc(N3CCOC[C@H]3C)nc(Nc3ccnn3COCC[Si](C)(C)C)c2C=N)CC1. The van der Waals surface area contributed by atoms with E-state index in [1.54, 1.807) is 10.9 Å². The van der Waals surface area contributed by atoms with Crippen molar-refractivity contribution in [1.29, 1.82) is 5.41 Å². The maximum Gasteiger partial charge on any atom is 0.143 e. The molecule has 0 spiro atoms. The molecular formula is C28H42N6O3Si. The first kappa shape index (κ1) is 28.3. The minimum atomic E-state index is -1.19. The molecule has 38 heavy (non-hydrogen) atoms. The van der Waals surface area contributed by atoms with Crippen LogP contribution in [0, 0.1) is 23.7 Å². The first-order chi connectivity index (χ1) is 18.1. The molecule has 1 saturated heterocycles. The summed E-state index contributed by atoms with van der Waals surface area (Å²) in [6.45, 7) is 12.0. The molecule has 206 valence electrons. The standard InChI is InChI=1S/C28H42N6O3Si/c1-6-22-7-10-28(35,11-8-22)24-17-26(33-13-14-36-19-21(33)2)32-27(23(24)18-29)31-25-9-12-30-34(25)20-37-15-16-38(3,4)5/h1,9,12,17-18,21-22,29,35H,7-8,10-11,13-16,19-20H2,2-5H3,(H,31,32)/t21-,22?,28?/m1/s1. The van der Waals surface area contributed by atoms with Crippen molar-refractivity contribution in [2.24, 2.45) is 5.92 Å². The molecule has 2 fully saturated rings. The molecule has 3 heterocycles. The molecule has 9 nitrogen and oxygen atoms in total. The maximum absolute atomic E-state index is 11.9. The van der Waals surface area contributed by atoms with Crippen LogP contribution < -0.4 is 10.2 Å². The van der Waals surface area contributed by atoms with Crippen molar-refractivity contribution < 1.29 is 14.6 Å². The number of pyridine rings is 1. The molecule has 0 amide bonds. The third kappa shape index (κ3) is 6.64. The number of nitrogens with zero attached hydrogens (tertiary/aromatic N) is 4. The normalized spacial score (nSPS) is 24.2. The van der Waals surface area contributed by atoms with Crippen molar-refractivity contribution in [3.8, 4) is 12.3 Å². The maximum atomic E-state index is 11.9. The molecule has 3 N–H and O–H groups in total. The zero-order valence-electron chi connectivity index (χ0n) is 23.2. The molecule has 0 radical (unpaired) electrons. The van der Waals surface area contributed by atoms with Gasteiger partial charge in [-0.25, -0.2) is 9.67 Å². The van der Waals surface area contributed by atoms with Crippen LogP contribution in [0.4, 0.5) is 17.5 Å². The summed E-state index contributed by atoms with van der Waals surface area (Å²) in [5, 5.41) is 28.0. The Bertz CT molecular complexity index is 1150. The van der Waals surface area contributed by atoms with E-state index < -0.39 is 13.7 Å². The number of terminal acetylenes is 1. The van der Waals surface area contributed by atoms with Crippen molar-refractivity contribution in [2.75, 3.05) is 36.6 Å². The lowest BCUT2D eigenvalue weighted by Crippen LogP contribution is -2.44. The number of nitrogens with one attached hydrogen (secondary N) is 2. The number of aromatic nitrogens is 3. The van der Waals surface area contributed by atoms with Gasteiger partial charge in [0, 0.05) is 45.0 Å². The van der Waals surface area contributed by atoms with Gasteiger partial charge in [-0.05, 0) is 50.3 Å². The Morgan fingerprint density at radius 1 is 1.37 bits per heavy atom. The summed E-state index contributed by atoms with van der Waals surface area (Å²) in [6, 6.07) is 5.05. The Balaban J connectivity index is 1.67. The van der Waals surface area contributed by atoms with Crippen LogP contribution in [0.25, 0.3) is 0 Å². The van der Waals surface area contributed by atoms with Gasteiger partial charge in [-0.2, -0.15) is 5.10 Å². The fourth-order valence-electron chi connectivity index (χ4n) is 5.11. The summed E-state index contributed by atoms with van der Waals surface area (Å²) >= 11 is 0. The van der Waals surface area contributed by atoms with Gasteiger partial charge < -0.3 is 30.2 Å². The highest BCUT2D eigenvalue weighted by molar-refractivity contribution is 6.76. The third-order valence-electron chi connectivity index (χ3n) is 7.57. The van der Waals surface area contributed by atoms with Gasteiger partial charge in [0.05, 0.1) is 31.1 Å². The van der Waals surface area contributed by atoms with Crippen LogP contribution in [0.2, 0.25) is 25.7 Å². The van der Waals surface area contributed by atoms with E-state index >= 15 is 0 Å². The number of anilines is 3. The quantitative estimate of drug-likeness (QED) is 0.176. The number of aliphatic hydroxyl groups is 1. The monoisotopic (exact) mass is 538 g/mol. The highest BCUT2D eigenvalue weighted by atomic mass is 28.3. The second kappa shape index (κ2) is 12.0. The van der Waals surface area contributed by atoms with Crippen LogP contribution in [0.3, 0.4) is 0 Å². The van der Waals surface area contributed by atoms with Gasteiger partial charge in [0.15, 0.2) is 0 Å². The van der Waals surface area contributed by atoms with Gasteiger partial charge >= 0.3 is 0 Å². The molecule has 4 rings (SSSR count). The van der Waals surface area contributed by atoms with Crippen LogP contribution in [0.15, 0.2) is 18.3 Å². The summed E-state index contributed by atoms with van der Waals surface area (Å²) < 4.78 is 13.3. The van der Waals surface area contributed by atoms with E-state index in [1.165, 1.54) is 6.21 Å². The van der Waals surface area contributed by atoms with Crippen LogP contribution in [0.5, 0.6) is 0 Å². The zero-order valence-corrected chi connectivity index (χ0v) is 24.2. The third-order valence-corrected chi connectivity index (χ3v) is 9.28. The predicted molar refractivity (Wildman–Crippen MR) is 154 cm³/mol. The van der Waals surface area contributed by atoms with Crippen molar-refractivity contribution >= 4 is 31.7 Å². The van der Waals surface area contributed by atoms with E-state index in [-0.39, 0.29) is 12.0 Å². The Morgan fingerprint density at radius 3 is 2.79 bits per heavy atom. The van der Waals surface area contributed by atoms with Gasteiger partial charge in [0.25, 0.3) is 0 Å². The van der Waals surface area contributed by atoms with Gasteiger partial charge in [-0.1, -0.05) is 19.6 Å². The van der Waals surface area contributed by atoms with Crippen molar-refractivity contribution in [3.63, 3.8) is 0 Å². The molecule has 10 heteroatoms. The fraction of sp³-hybridized carbons (Fsp3) is 0.607. The second-order valence-corrected chi connectivity index (χ2v) is 17.3. The lowest BCUT2D eigenvalue weighted by Gasteiger charge is -2.38. The van der Waals surface area contributed by atoms with E-state index in [2.05, 4.69) is 47.8 Å². The summed E-state index contributed by atoms with van der Waals surface area (Å²) in [4.78, 5) is 7.18. The number of morpholine rings is 1. The Kier molecular flexibility index (Phi) is 8.93. The molecule has 0 unspecified atom stereocenters. The number of ether oxygens (including phenoxy) is 2. The van der Waals surface area contributed by atoms with Crippen molar-refractivity contribution in [1.82, 2.24) is 14.8 Å². The average Bonchev–Trinajstić information content (AvgIpc) is 3.33. The Morgan fingerprint density at radius 2 is 2.13 bits per heavy atom. The molecule has 2 aliphatic rings. The number of hydrogen-bond acceptors (Lipinski definition) is 8. The summed E-state index contributed by atoms with van der Waals surface area (Å²) in [6.07, 6.45) is 11.3. The molecule has 1 saturated carbocycles. The van der Waals surface area contributed by atoms with Gasteiger partial charge in [-0.3, -0.25) is 0 Å². The van der Waals surface area contributed by atoms with Gasteiger partial charge in [0.2, 0.25) is 0 Å². The molecule has 2 aromatic heterocycles. The van der Waals surface area contributed by atoms with Gasteiger partial charge in [-0.15, -0.1) is 12.3 Å². The minimum Gasteiger partial charge on any atom is -0.385 e. The summed E-state index contributed by atoms with van der Waals surface area (Å²) in [5.41, 5.74) is 0.208. The molecule has 1 atom stereocenters. The number of rotatable bonds is 10. The van der Waals surface area contributed by atoms with E-state index in [4.69, 9.17) is 26.3 Å². The molecule has 0 bridgehead atoms. The van der Waals surface area contributed by atoms with Crippen molar-refractivity contribution in [2.45, 2.75) is 76.7 Å². The van der Waals surface area contributed by atoms with E-state index in [1.807, 2.05) is 12.1 Å². The van der Waals surface area contributed by atoms with E-state index in [9.17, 15) is 5.11 Å². The van der Waals surface area contributed by atoms with Gasteiger partial charge in [0.1, 0.15) is 24.2 Å².